The summed E-state index contributed by atoms with van der Waals surface area (Å²) in [7, 11) is 0. The van der Waals surface area contributed by atoms with Crippen molar-refractivity contribution in [1.29, 1.82) is 0 Å². The van der Waals surface area contributed by atoms with Gasteiger partial charge < -0.3 is 10.5 Å². The Morgan fingerprint density at radius 1 is 1.35 bits per heavy atom. The van der Waals surface area contributed by atoms with Crippen LogP contribution in [-0.4, -0.2) is 19.1 Å². The van der Waals surface area contributed by atoms with Crippen LogP contribution in [0.1, 0.15) is 25.0 Å². The second-order valence-electron chi connectivity index (χ2n) is 3.83. The molecule has 0 aromatic heterocycles. The maximum atomic E-state index is 11.4. The van der Waals surface area contributed by atoms with E-state index in [1.165, 1.54) is 5.56 Å². The van der Waals surface area contributed by atoms with Crippen LogP contribution in [0, 0.1) is 0 Å². The van der Waals surface area contributed by atoms with Crippen molar-refractivity contribution >= 4 is 12.0 Å². The third-order valence-corrected chi connectivity index (χ3v) is 2.39. The lowest BCUT2D eigenvalue weighted by Gasteiger charge is -2.02. The molecule has 0 saturated heterocycles. The second kappa shape index (κ2) is 6.86. The Morgan fingerprint density at radius 2 is 2.00 bits per heavy atom. The molecule has 1 aromatic carbocycles. The van der Waals surface area contributed by atoms with Crippen LogP contribution in [0.15, 0.2) is 29.8 Å². The number of ether oxygens (including phenoxy) is 1. The monoisotopic (exact) mass is 233 g/mol. The van der Waals surface area contributed by atoms with Crippen molar-refractivity contribution in [3.05, 3.63) is 41.0 Å². The summed E-state index contributed by atoms with van der Waals surface area (Å²) in [6.45, 7) is 4.61. The first-order valence-corrected chi connectivity index (χ1v) is 5.81. The Kier molecular flexibility index (Phi) is 5.43. The molecule has 1 rings (SSSR count). The molecule has 0 amide bonds. The summed E-state index contributed by atoms with van der Waals surface area (Å²) in [4.78, 5) is 11.4. The number of nitrogens with two attached hydrogens (primary N) is 1. The van der Waals surface area contributed by atoms with Crippen molar-refractivity contribution in [3.8, 4) is 0 Å². The number of benzene rings is 1. The third-order valence-electron chi connectivity index (χ3n) is 2.39. The van der Waals surface area contributed by atoms with Crippen LogP contribution in [0.25, 0.3) is 6.08 Å². The minimum atomic E-state index is -0.265. The van der Waals surface area contributed by atoms with Crippen LogP contribution in [0.2, 0.25) is 0 Å². The lowest BCUT2D eigenvalue weighted by Crippen LogP contribution is -2.04. The van der Waals surface area contributed by atoms with E-state index in [4.69, 9.17) is 10.5 Å². The molecule has 92 valence electrons. The van der Waals surface area contributed by atoms with Gasteiger partial charge in [0.25, 0.3) is 0 Å². The highest BCUT2D eigenvalue weighted by atomic mass is 16.5. The van der Waals surface area contributed by atoms with E-state index in [1.807, 2.05) is 30.3 Å². The average Bonchev–Trinajstić information content (AvgIpc) is 2.32. The molecular weight excluding hydrogens is 214 g/mol. The molecule has 3 heteroatoms. The second-order valence-corrected chi connectivity index (χ2v) is 3.83. The molecule has 0 radical (unpaired) electrons. The van der Waals surface area contributed by atoms with E-state index in [9.17, 15) is 4.79 Å². The number of rotatable bonds is 5. The molecule has 17 heavy (non-hydrogen) atoms. The van der Waals surface area contributed by atoms with E-state index in [2.05, 4.69) is 0 Å². The van der Waals surface area contributed by atoms with E-state index in [0.29, 0.717) is 18.7 Å². The van der Waals surface area contributed by atoms with E-state index in [0.717, 1.165) is 12.0 Å². The zero-order valence-corrected chi connectivity index (χ0v) is 10.4. The van der Waals surface area contributed by atoms with E-state index in [1.54, 1.807) is 13.8 Å². The Hall–Kier alpha value is -1.61. The van der Waals surface area contributed by atoms with E-state index < -0.39 is 0 Å². The molecule has 0 atom stereocenters. The van der Waals surface area contributed by atoms with Crippen molar-refractivity contribution in [2.45, 2.75) is 20.3 Å². The highest BCUT2D eigenvalue weighted by Crippen LogP contribution is 2.10. The molecule has 0 fully saturated rings. The van der Waals surface area contributed by atoms with Gasteiger partial charge >= 0.3 is 5.97 Å². The normalized spacial score (nSPS) is 11.4. The molecule has 3 nitrogen and oxygen atoms in total. The fourth-order valence-corrected chi connectivity index (χ4v) is 1.50. The Bertz CT molecular complexity index is 393. The van der Waals surface area contributed by atoms with Gasteiger partial charge in [-0.15, -0.1) is 0 Å². The Morgan fingerprint density at radius 3 is 2.53 bits per heavy atom. The number of carbonyl (C=O) groups is 1. The highest BCUT2D eigenvalue weighted by Gasteiger charge is 2.03. The fraction of sp³-hybridized carbons (Fsp3) is 0.357. The zero-order valence-electron chi connectivity index (χ0n) is 10.4. The van der Waals surface area contributed by atoms with Gasteiger partial charge in [0.1, 0.15) is 0 Å². The van der Waals surface area contributed by atoms with Gasteiger partial charge in [-0.1, -0.05) is 24.3 Å². The molecular formula is C14H19NO2. The van der Waals surface area contributed by atoms with Crippen LogP contribution in [0.3, 0.4) is 0 Å². The van der Waals surface area contributed by atoms with Crippen molar-refractivity contribution in [1.82, 2.24) is 0 Å². The van der Waals surface area contributed by atoms with Crippen molar-refractivity contribution in [3.63, 3.8) is 0 Å². The first-order valence-electron chi connectivity index (χ1n) is 5.81. The molecule has 0 aliphatic rings. The summed E-state index contributed by atoms with van der Waals surface area (Å²) in [6, 6.07) is 8.01. The molecule has 0 heterocycles. The molecule has 0 bridgehead atoms. The number of hydrogen-bond acceptors (Lipinski definition) is 3. The van der Waals surface area contributed by atoms with E-state index in [-0.39, 0.29) is 5.97 Å². The maximum absolute atomic E-state index is 11.4. The van der Waals surface area contributed by atoms with Gasteiger partial charge in [0.2, 0.25) is 0 Å². The summed E-state index contributed by atoms with van der Waals surface area (Å²) >= 11 is 0. The molecule has 0 aliphatic heterocycles. The standard InChI is InChI=1S/C14H19NO2/c1-3-17-14(16)11(2)10-13-6-4-12(5-7-13)8-9-15/h4-7,10H,3,8-9,15H2,1-2H3. The van der Waals surface area contributed by atoms with Gasteiger partial charge in [-0.2, -0.15) is 0 Å². The summed E-state index contributed by atoms with van der Waals surface area (Å²) in [5, 5.41) is 0. The quantitative estimate of drug-likeness (QED) is 0.626. The minimum Gasteiger partial charge on any atom is -0.463 e. The fourth-order valence-electron chi connectivity index (χ4n) is 1.50. The predicted molar refractivity (Wildman–Crippen MR) is 69.5 cm³/mol. The van der Waals surface area contributed by atoms with Gasteiger partial charge in [-0.05, 0) is 44.0 Å². The predicted octanol–water partition coefficient (Wildman–Crippen LogP) is 2.15. The summed E-state index contributed by atoms with van der Waals surface area (Å²) in [5.74, 6) is -0.265. The SMILES string of the molecule is CCOC(=O)C(C)=Cc1ccc(CCN)cc1. The third kappa shape index (κ3) is 4.41. The minimum absolute atomic E-state index is 0.265. The van der Waals surface area contributed by atoms with Crippen LogP contribution in [0.4, 0.5) is 0 Å². The lowest BCUT2D eigenvalue weighted by atomic mass is 10.1. The first-order chi connectivity index (χ1) is 8.17. The average molecular weight is 233 g/mol. The van der Waals surface area contributed by atoms with Crippen molar-refractivity contribution in [2.24, 2.45) is 5.73 Å². The van der Waals surface area contributed by atoms with E-state index >= 15 is 0 Å². The van der Waals surface area contributed by atoms with Gasteiger partial charge in [0.05, 0.1) is 6.61 Å². The van der Waals surface area contributed by atoms with Gasteiger partial charge in [0.15, 0.2) is 0 Å². The summed E-state index contributed by atoms with van der Waals surface area (Å²) in [5.41, 5.74) is 8.29. The van der Waals surface area contributed by atoms with Gasteiger partial charge in [-0.3, -0.25) is 0 Å². The maximum Gasteiger partial charge on any atom is 0.333 e. The molecule has 1 aromatic rings. The molecule has 2 N–H and O–H groups in total. The van der Waals surface area contributed by atoms with Gasteiger partial charge in [-0.25, -0.2) is 4.79 Å². The van der Waals surface area contributed by atoms with Crippen LogP contribution in [-0.2, 0) is 16.0 Å². The number of esters is 1. The van der Waals surface area contributed by atoms with Crippen molar-refractivity contribution < 1.29 is 9.53 Å². The zero-order chi connectivity index (χ0) is 12.7. The lowest BCUT2D eigenvalue weighted by molar-refractivity contribution is -0.138. The smallest absolute Gasteiger partial charge is 0.333 e. The molecule has 0 saturated carbocycles. The van der Waals surface area contributed by atoms with Crippen LogP contribution >= 0.6 is 0 Å². The first kappa shape index (κ1) is 13.5. The van der Waals surface area contributed by atoms with Crippen LogP contribution in [0.5, 0.6) is 0 Å². The van der Waals surface area contributed by atoms with Gasteiger partial charge in [0, 0.05) is 5.57 Å². The van der Waals surface area contributed by atoms with Crippen molar-refractivity contribution in [2.75, 3.05) is 13.2 Å². The summed E-state index contributed by atoms with van der Waals surface area (Å²) < 4.78 is 4.91. The van der Waals surface area contributed by atoms with Crippen LogP contribution < -0.4 is 5.73 Å². The topological polar surface area (TPSA) is 52.3 Å². The Balaban J connectivity index is 2.73. The number of carbonyl (C=O) groups excluding carboxylic acids is 1. The molecule has 0 unspecified atom stereocenters. The molecule has 0 spiro atoms. The largest absolute Gasteiger partial charge is 0.463 e. The highest BCUT2D eigenvalue weighted by molar-refractivity contribution is 5.92. The summed E-state index contributed by atoms with van der Waals surface area (Å²) in [6.07, 6.45) is 2.70. The molecule has 0 aliphatic carbocycles. The Labute approximate surface area is 102 Å². The number of hydrogen-bond donors (Lipinski definition) is 1.